The number of aromatic amines is 1. The molecule has 13 heteroatoms. The summed E-state index contributed by atoms with van der Waals surface area (Å²) in [5.74, 6) is -3.67. The highest BCUT2D eigenvalue weighted by Gasteiger charge is 2.40. The van der Waals surface area contributed by atoms with E-state index in [0.29, 0.717) is 29.1 Å². The number of aliphatic hydroxyl groups excluding tert-OH is 1. The number of carbonyl (C=O) groups is 3. The van der Waals surface area contributed by atoms with Gasteiger partial charge in [0.1, 0.15) is 6.54 Å². The minimum Gasteiger partial charge on any atom is -0.480 e. The Balaban J connectivity index is 0.000000510. The van der Waals surface area contributed by atoms with E-state index >= 15 is 0 Å². The minimum atomic E-state index is -4.85. The fourth-order valence-corrected chi connectivity index (χ4v) is 3.78. The number of carboxylic acids is 1. The van der Waals surface area contributed by atoms with Gasteiger partial charge in [-0.1, -0.05) is 35.9 Å². The molecule has 1 aromatic heterocycles. The molecule has 0 aliphatic rings. The molecule has 39 heavy (non-hydrogen) atoms. The number of nitrogens with one attached hydrogen (secondary N) is 3. The highest BCUT2D eigenvalue weighted by atomic mass is 35.5. The smallest absolute Gasteiger partial charge is 0.480 e. The van der Waals surface area contributed by atoms with Crippen molar-refractivity contribution in [3.05, 3.63) is 70.4 Å². The second-order valence-corrected chi connectivity index (χ2v) is 8.86. The van der Waals surface area contributed by atoms with Crippen LogP contribution in [-0.4, -0.2) is 65.0 Å². The van der Waals surface area contributed by atoms with Crippen molar-refractivity contribution >= 4 is 40.3 Å². The van der Waals surface area contributed by atoms with Crippen LogP contribution in [0.4, 0.5) is 13.2 Å². The van der Waals surface area contributed by atoms with Gasteiger partial charge in [-0.25, -0.2) is 4.79 Å². The first-order valence-corrected chi connectivity index (χ1v) is 12.2. The number of benzene rings is 2. The molecule has 0 saturated heterocycles. The lowest BCUT2D eigenvalue weighted by molar-refractivity contribution is -0.199. The van der Waals surface area contributed by atoms with E-state index in [0.717, 1.165) is 16.5 Å². The Morgan fingerprint density at radius 3 is 2.44 bits per heavy atom. The standard InChI is InChI=1S/C22H24ClN3O4.C4H5F3O2/c1-13(24-11-19(27)14-4-2-5-16(23)9-14)8-15-10-25-21-17(15)6-3-7-18(21)22(30)26-12-20(28)29;1-2-9-3(8)4(5,6)7/h2-7,9-10,13,19,24-25,27H,8,11-12H2,1H3,(H,26,30)(H,28,29);2H2,1H3/t13-,19+;/m1./s1. The van der Waals surface area contributed by atoms with Crippen LogP contribution in [0.5, 0.6) is 0 Å². The molecule has 0 aliphatic carbocycles. The molecule has 0 radical (unpaired) electrons. The van der Waals surface area contributed by atoms with Crippen molar-refractivity contribution in [2.45, 2.75) is 38.6 Å². The molecular weight excluding hydrogens is 543 g/mol. The van der Waals surface area contributed by atoms with Crippen LogP contribution in [0.1, 0.15) is 41.4 Å². The van der Waals surface area contributed by atoms with Crippen molar-refractivity contribution < 1.29 is 42.5 Å². The van der Waals surface area contributed by atoms with Gasteiger partial charge in [-0.3, -0.25) is 9.59 Å². The number of aliphatic carboxylic acids is 1. The third-order valence-corrected chi connectivity index (χ3v) is 5.61. The highest BCUT2D eigenvalue weighted by molar-refractivity contribution is 6.30. The number of carbonyl (C=O) groups excluding carboxylic acids is 2. The van der Waals surface area contributed by atoms with E-state index in [1.165, 1.54) is 6.92 Å². The van der Waals surface area contributed by atoms with Gasteiger partial charge >= 0.3 is 18.1 Å². The number of aliphatic hydroxyl groups is 1. The van der Waals surface area contributed by atoms with Crippen molar-refractivity contribution in [1.82, 2.24) is 15.6 Å². The maximum atomic E-state index is 12.3. The molecule has 0 bridgehead atoms. The molecular formula is C26H29ClF3N3O6. The van der Waals surface area contributed by atoms with Gasteiger partial charge in [0, 0.05) is 29.2 Å². The van der Waals surface area contributed by atoms with Crippen LogP contribution < -0.4 is 10.6 Å². The number of esters is 1. The van der Waals surface area contributed by atoms with E-state index in [4.69, 9.17) is 16.7 Å². The Labute approximate surface area is 227 Å². The van der Waals surface area contributed by atoms with Crippen LogP contribution in [-0.2, 0) is 20.7 Å². The lowest BCUT2D eigenvalue weighted by Crippen LogP contribution is -2.32. The quantitative estimate of drug-likeness (QED) is 0.232. The molecule has 9 nitrogen and oxygen atoms in total. The van der Waals surface area contributed by atoms with Crippen molar-refractivity contribution in [3.8, 4) is 0 Å². The summed E-state index contributed by atoms with van der Waals surface area (Å²) in [5.41, 5.74) is 2.85. The number of aromatic nitrogens is 1. The van der Waals surface area contributed by atoms with Crippen LogP contribution in [0.3, 0.4) is 0 Å². The first-order chi connectivity index (χ1) is 18.3. The zero-order valence-corrected chi connectivity index (χ0v) is 21.9. The van der Waals surface area contributed by atoms with Gasteiger partial charge in [-0.2, -0.15) is 13.2 Å². The molecule has 0 saturated carbocycles. The van der Waals surface area contributed by atoms with E-state index < -0.39 is 36.7 Å². The topological polar surface area (TPSA) is 141 Å². The minimum absolute atomic E-state index is 0.0716. The summed E-state index contributed by atoms with van der Waals surface area (Å²) < 4.78 is 37.1. The van der Waals surface area contributed by atoms with Gasteiger partial charge in [0.05, 0.1) is 23.8 Å². The lowest BCUT2D eigenvalue weighted by Gasteiger charge is -2.17. The number of rotatable bonds is 10. The fourth-order valence-electron chi connectivity index (χ4n) is 3.58. The molecule has 0 spiro atoms. The van der Waals surface area contributed by atoms with Crippen LogP contribution >= 0.6 is 11.6 Å². The number of ether oxygens (including phenoxy) is 1. The van der Waals surface area contributed by atoms with Gasteiger partial charge in [-0.15, -0.1) is 0 Å². The summed E-state index contributed by atoms with van der Waals surface area (Å²) in [5, 5.41) is 26.3. The average Bonchev–Trinajstić information content (AvgIpc) is 3.28. The molecule has 1 amide bonds. The van der Waals surface area contributed by atoms with E-state index in [2.05, 4.69) is 20.4 Å². The predicted octanol–water partition coefficient (Wildman–Crippen LogP) is 4.00. The van der Waals surface area contributed by atoms with Crippen LogP contribution in [0.2, 0.25) is 5.02 Å². The molecule has 3 aromatic rings. The van der Waals surface area contributed by atoms with Gasteiger partial charge < -0.3 is 30.6 Å². The summed E-state index contributed by atoms with van der Waals surface area (Å²) in [6, 6.07) is 12.6. The Kier molecular flexibility index (Phi) is 11.8. The summed E-state index contributed by atoms with van der Waals surface area (Å²) in [4.78, 5) is 35.8. The number of hydrogen-bond acceptors (Lipinski definition) is 6. The number of H-pyrrole nitrogens is 1. The number of alkyl halides is 3. The van der Waals surface area contributed by atoms with Gasteiger partial charge in [-0.05, 0) is 49.6 Å². The summed E-state index contributed by atoms with van der Waals surface area (Å²) >= 11 is 5.98. The second kappa shape index (κ2) is 14.5. The zero-order chi connectivity index (χ0) is 29.2. The SMILES string of the molecule is CCOC(=O)C(F)(F)F.C[C@H](Cc1c[nH]c2c(C(=O)NCC(=O)O)cccc12)NC[C@H](O)c1cccc(Cl)c1. The normalized spacial score (nSPS) is 12.7. The molecule has 2 atom stereocenters. The van der Waals surface area contributed by atoms with Crippen molar-refractivity contribution in [2.75, 3.05) is 19.7 Å². The summed E-state index contributed by atoms with van der Waals surface area (Å²) in [6.07, 6.45) is -2.98. The maximum Gasteiger partial charge on any atom is 0.490 e. The summed E-state index contributed by atoms with van der Waals surface area (Å²) in [6.45, 7) is 3.03. The van der Waals surface area contributed by atoms with Crippen LogP contribution in [0.15, 0.2) is 48.7 Å². The monoisotopic (exact) mass is 571 g/mol. The molecule has 0 unspecified atom stereocenters. The molecule has 212 valence electrons. The molecule has 1 heterocycles. The zero-order valence-electron chi connectivity index (χ0n) is 21.1. The highest BCUT2D eigenvalue weighted by Crippen LogP contribution is 2.23. The van der Waals surface area contributed by atoms with Crippen molar-refractivity contribution in [1.29, 1.82) is 0 Å². The van der Waals surface area contributed by atoms with Gasteiger partial charge in [0.2, 0.25) is 0 Å². The van der Waals surface area contributed by atoms with Crippen LogP contribution in [0, 0.1) is 0 Å². The predicted molar refractivity (Wildman–Crippen MR) is 139 cm³/mol. The molecule has 3 rings (SSSR count). The number of fused-ring (bicyclic) bond motifs is 1. The molecule has 0 fully saturated rings. The van der Waals surface area contributed by atoms with Crippen molar-refractivity contribution in [3.63, 3.8) is 0 Å². The van der Waals surface area contributed by atoms with Gasteiger partial charge in [0.15, 0.2) is 0 Å². The third-order valence-electron chi connectivity index (χ3n) is 5.37. The second-order valence-electron chi connectivity index (χ2n) is 8.42. The number of halogens is 4. The Bertz CT molecular complexity index is 1280. The number of carboxylic acid groups (broad SMARTS) is 1. The number of para-hydroxylation sites is 1. The summed E-state index contributed by atoms with van der Waals surface area (Å²) in [7, 11) is 0. The van der Waals surface area contributed by atoms with E-state index in [9.17, 15) is 32.7 Å². The van der Waals surface area contributed by atoms with E-state index in [1.807, 2.05) is 25.3 Å². The largest absolute Gasteiger partial charge is 0.490 e. The Morgan fingerprint density at radius 1 is 1.15 bits per heavy atom. The Morgan fingerprint density at radius 2 is 1.85 bits per heavy atom. The molecule has 2 aromatic carbocycles. The Hall–Kier alpha value is -3.61. The van der Waals surface area contributed by atoms with Crippen molar-refractivity contribution in [2.24, 2.45) is 0 Å². The maximum absolute atomic E-state index is 12.3. The lowest BCUT2D eigenvalue weighted by atomic mass is 10.0. The van der Waals surface area contributed by atoms with E-state index in [1.54, 1.807) is 30.3 Å². The van der Waals surface area contributed by atoms with Gasteiger partial charge in [0.25, 0.3) is 5.91 Å². The van der Waals surface area contributed by atoms with Crippen LogP contribution in [0.25, 0.3) is 10.9 Å². The average molecular weight is 572 g/mol. The first kappa shape index (κ1) is 31.6. The fraction of sp³-hybridized carbons (Fsp3) is 0.346. The molecule has 0 aliphatic heterocycles. The first-order valence-electron chi connectivity index (χ1n) is 11.8. The third kappa shape index (κ3) is 9.89. The number of amides is 1. The van der Waals surface area contributed by atoms with E-state index in [-0.39, 0.29) is 12.6 Å². The number of hydrogen-bond donors (Lipinski definition) is 5. The molecule has 5 N–H and O–H groups in total.